The van der Waals surface area contributed by atoms with Crippen molar-refractivity contribution in [3.63, 3.8) is 0 Å². The SMILES string of the molecule is COc1c(Br)cccc1CCNC(=O)N(C)C(C)CO. The second-order valence-corrected chi connectivity index (χ2v) is 5.41. The summed E-state index contributed by atoms with van der Waals surface area (Å²) in [6.07, 6.45) is 0.676. The molecule has 1 unspecified atom stereocenters. The number of urea groups is 1. The van der Waals surface area contributed by atoms with Crippen LogP contribution in [0.5, 0.6) is 5.75 Å². The number of hydrogen-bond acceptors (Lipinski definition) is 3. The van der Waals surface area contributed by atoms with Gasteiger partial charge in [-0.15, -0.1) is 0 Å². The standard InChI is InChI=1S/C14H21BrN2O3/c1-10(9-18)17(2)14(19)16-8-7-11-5-4-6-12(15)13(11)20-3/h4-6,10,18H,7-9H2,1-3H3,(H,16,19). The molecular weight excluding hydrogens is 324 g/mol. The van der Waals surface area contributed by atoms with Gasteiger partial charge in [0.15, 0.2) is 0 Å². The highest BCUT2D eigenvalue weighted by molar-refractivity contribution is 9.10. The lowest BCUT2D eigenvalue weighted by Gasteiger charge is -2.23. The van der Waals surface area contributed by atoms with Crippen molar-refractivity contribution in [3.05, 3.63) is 28.2 Å². The predicted octanol–water partition coefficient (Wildman–Crippen LogP) is 2.02. The number of nitrogens with one attached hydrogen (secondary N) is 1. The molecular formula is C14H21BrN2O3. The zero-order chi connectivity index (χ0) is 15.1. The maximum atomic E-state index is 11.8. The van der Waals surface area contributed by atoms with E-state index in [-0.39, 0.29) is 18.7 Å². The van der Waals surface area contributed by atoms with E-state index in [2.05, 4.69) is 21.2 Å². The Morgan fingerprint density at radius 3 is 2.85 bits per heavy atom. The lowest BCUT2D eigenvalue weighted by atomic mass is 10.1. The van der Waals surface area contributed by atoms with E-state index < -0.39 is 0 Å². The summed E-state index contributed by atoms with van der Waals surface area (Å²) < 4.78 is 6.23. The number of hydrogen-bond donors (Lipinski definition) is 2. The van der Waals surface area contributed by atoms with E-state index in [9.17, 15) is 4.79 Å². The van der Waals surface area contributed by atoms with Crippen LogP contribution < -0.4 is 10.1 Å². The molecule has 0 heterocycles. The molecule has 0 saturated carbocycles. The molecule has 5 nitrogen and oxygen atoms in total. The Morgan fingerprint density at radius 1 is 1.55 bits per heavy atom. The molecule has 6 heteroatoms. The Hall–Kier alpha value is -1.27. The van der Waals surface area contributed by atoms with Gasteiger partial charge in [0.25, 0.3) is 0 Å². The number of likely N-dealkylation sites (N-methyl/N-ethyl adjacent to an activating group) is 1. The van der Waals surface area contributed by atoms with Crippen LogP contribution in [0.25, 0.3) is 0 Å². The zero-order valence-corrected chi connectivity index (χ0v) is 13.6. The number of ether oxygens (including phenoxy) is 1. The van der Waals surface area contributed by atoms with E-state index in [1.54, 1.807) is 21.1 Å². The van der Waals surface area contributed by atoms with Crippen molar-refractivity contribution in [2.24, 2.45) is 0 Å². The second kappa shape index (κ2) is 8.11. The van der Waals surface area contributed by atoms with Crippen molar-refractivity contribution in [2.45, 2.75) is 19.4 Å². The quantitative estimate of drug-likeness (QED) is 0.829. The van der Waals surface area contributed by atoms with Gasteiger partial charge < -0.3 is 20.1 Å². The topological polar surface area (TPSA) is 61.8 Å². The Balaban J connectivity index is 2.53. The van der Waals surface area contributed by atoms with E-state index in [0.29, 0.717) is 13.0 Å². The van der Waals surface area contributed by atoms with E-state index in [1.807, 2.05) is 18.2 Å². The van der Waals surface area contributed by atoms with E-state index in [1.165, 1.54) is 4.90 Å². The summed E-state index contributed by atoms with van der Waals surface area (Å²) in [5.74, 6) is 0.791. The predicted molar refractivity (Wildman–Crippen MR) is 82.1 cm³/mol. The summed E-state index contributed by atoms with van der Waals surface area (Å²) in [5.41, 5.74) is 1.03. The van der Waals surface area contributed by atoms with Gasteiger partial charge >= 0.3 is 6.03 Å². The van der Waals surface area contributed by atoms with Crippen LogP contribution in [0.15, 0.2) is 22.7 Å². The van der Waals surface area contributed by atoms with Crippen LogP contribution in [-0.4, -0.2) is 49.4 Å². The van der Waals surface area contributed by atoms with E-state index >= 15 is 0 Å². The summed E-state index contributed by atoms with van der Waals surface area (Å²) in [6.45, 7) is 2.24. The highest BCUT2D eigenvalue weighted by atomic mass is 79.9. The van der Waals surface area contributed by atoms with Crippen LogP contribution in [0, 0.1) is 0 Å². The molecule has 20 heavy (non-hydrogen) atoms. The van der Waals surface area contributed by atoms with Gasteiger partial charge in [-0.1, -0.05) is 12.1 Å². The largest absolute Gasteiger partial charge is 0.495 e. The number of rotatable bonds is 6. The molecule has 0 spiro atoms. The van der Waals surface area contributed by atoms with Gasteiger partial charge in [0.2, 0.25) is 0 Å². The molecule has 112 valence electrons. The van der Waals surface area contributed by atoms with E-state index in [0.717, 1.165) is 15.8 Å². The number of para-hydroxylation sites is 1. The molecule has 0 bridgehead atoms. The van der Waals surface area contributed by atoms with Gasteiger partial charge in [0, 0.05) is 13.6 Å². The van der Waals surface area contributed by atoms with Crippen molar-refractivity contribution in [1.29, 1.82) is 0 Å². The molecule has 0 fully saturated rings. The fourth-order valence-corrected chi connectivity index (χ4v) is 2.30. The van der Waals surface area contributed by atoms with Gasteiger partial charge in [-0.05, 0) is 40.9 Å². The van der Waals surface area contributed by atoms with Crippen LogP contribution in [0.3, 0.4) is 0 Å². The third kappa shape index (κ3) is 4.38. The molecule has 0 aliphatic rings. The third-order valence-corrected chi connectivity index (χ3v) is 3.79. The number of carbonyl (C=O) groups is 1. The molecule has 0 aliphatic carbocycles. The third-order valence-electron chi connectivity index (χ3n) is 3.17. The fourth-order valence-electron chi connectivity index (χ4n) is 1.73. The van der Waals surface area contributed by atoms with Crippen molar-refractivity contribution in [2.75, 3.05) is 27.3 Å². The van der Waals surface area contributed by atoms with Gasteiger partial charge in [-0.25, -0.2) is 4.79 Å². The summed E-state index contributed by atoms with van der Waals surface area (Å²) >= 11 is 3.43. The lowest BCUT2D eigenvalue weighted by molar-refractivity contribution is 0.157. The van der Waals surface area contributed by atoms with Gasteiger partial charge in [-0.3, -0.25) is 0 Å². The molecule has 1 aromatic carbocycles. The molecule has 1 aromatic rings. The second-order valence-electron chi connectivity index (χ2n) is 4.56. The van der Waals surface area contributed by atoms with Crippen LogP contribution in [0.2, 0.25) is 0 Å². The minimum atomic E-state index is -0.199. The maximum Gasteiger partial charge on any atom is 0.317 e. The first-order valence-corrected chi connectivity index (χ1v) is 7.23. The molecule has 2 N–H and O–H groups in total. The summed E-state index contributed by atoms with van der Waals surface area (Å²) in [6, 6.07) is 5.42. The van der Waals surface area contributed by atoms with Gasteiger partial charge in [0.05, 0.1) is 24.2 Å². The number of methoxy groups -OCH3 is 1. The highest BCUT2D eigenvalue weighted by Gasteiger charge is 2.14. The molecule has 0 radical (unpaired) electrons. The minimum absolute atomic E-state index is 0.0522. The normalized spacial score (nSPS) is 11.8. The molecule has 0 saturated heterocycles. The number of halogens is 1. The first-order valence-electron chi connectivity index (χ1n) is 6.44. The number of benzene rings is 1. The van der Waals surface area contributed by atoms with Crippen LogP contribution in [-0.2, 0) is 6.42 Å². The lowest BCUT2D eigenvalue weighted by Crippen LogP contribution is -2.44. The van der Waals surface area contributed by atoms with Gasteiger partial charge in [0.1, 0.15) is 5.75 Å². The number of amides is 2. The molecule has 1 rings (SSSR count). The number of carbonyl (C=O) groups excluding carboxylic acids is 1. The Morgan fingerprint density at radius 2 is 2.25 bits per heavy atom. The summed E-state index contributed by atoms with van der Waals surface area (Å²) in [4.78, 5) is 13.3. The average molecular weight is 345 g/mol. The van der Waals surface area contributed by atoms with Crippen LogP contribution >= 0.6 is 15.9 Å². The van der Waals surface area contributed by atoms with Crippen molar-refractivity contribution >= 4 is 22.0 Å². The number of aliphatic hydroxyl groups excluding tert-OH is 1. The maximum absolute atomic E-state index is 11.8. The first-order chi connectivity index (χ1) is 9.51. The van der Waals surface area contributed by atoms with Crippen molar-refractivity contribution in [3.8, 4) is 5.75 Å². The van der Waals surface area contributed by atoms with Gasteiger partial charge in [-0.2, -0.15) is 0 Å². The van der Waals surface area contributed by atoms with Crippen LogP contribution in [0.4, 0.5) is 4.79 Å². The summed E-state index contributed by atoms with van der Waals surface area (Å²) in [5, 5.41) is 11.8. The molecule has 0 aliphatic heterocycles. The minimum Gasteiger partial charge on any atom is -0.495 e. The summed E-state index contributed by atoms with van der Waals surface area (Å²) in [7, 11) is 3.29. The smallest absolute Gasteiger partial charge is 0.317 e. The zero-order valence-electron chi connectivity index (χ0n) is 12.0. The number of nitrogens with zero attached hydrogens (tertiary/aromatic N) is 1. The number of aliphatic hydroxyl groups is 1. The Kier molecular flexibility index (Phi) is 6.81. The van der Waals surface area contributed by atoms with E-state index in [4.69, 9.17) is 9.84 Å². The van der Waals surface area contributed by atoms with Crippen LogP contribution in [0.1, 0.15) is 12.5 Å². The molecule has 2 amide bonds. The first kappa shape index (κ1) is 16.8. The molecule has 1 atom stereocenters. The average Bonchev–Trinajstić information content (AvgIpc) is 2.45. The van der Waals surface area contributed by atoms with Crippen molar-refractivity contribution in [1.82, 2.24) is 10.2 Å². The molecule has 0 aromatic heterocycles. The monoisotopic (exact) mass is 344 g/mol. The Labute approximate surface area is 128 Å². The fraction of sp³-hybridized carbons (Fsp3) is 0.500. The highest BCUT2D eigenvalue weighted by Crippen LogP contribution is 2.28. The van der Waals surface area contributed by atoms with Crippen molar-refractivity contribution < 1.29 is 14.6 Å². The Bertz CT molecular complexity index is 454.